The van der Waals surface area contributed by atoms with Crippen LogP contribution in [0, 0.1) is 5.92 Å². The molecule has 1 saturated carbocycles. The van der Waals surface area contributed by atoms with Crippen molar-refractivity contribution in [2.24, 2.45) is 5.92 Å². The number of carboxylic acid groups (broad SMARTS) is 1. The minimum Gasteiger partial charge on any atom is -0.490 e. The van der Waals surface area contributed by atoms with Crippen molar-refractivity contribution >= 4 is 12.3 Å². The predicted octanol–water partition coefficient (Wildman–Crippen LogP) is 1.88. The van der Waals surface area contributed by atoms with Crippen LogP contribution in [0.3, 0.4) is 0 Å². The topological polar surface area (TPSA) is 83.8 Å². The molecular weight excluding hydrogens is 260 g/mol. The highest BCUT2D eigenvalue weighted by Gasteiger charge is 2.46. The summed E-state index contributed by atoms with van der Waals surface area (Å²) in [5.74, 6) is -1.16. The third-order valence-electron chi connectivity index (χ3n) is 3.85. The molecule has 5 heteroatoms. The van der Waals surface area contributed by atoms with Crippen LogP contribution < -0.4 is 4.74 Å². The highest BCUT2D eigenvalue weighted by atomic mass is 16.5. The average molecular weight is 278 g/mol. The lowest BCUT2D eigenvalue weighted by atomic mass is 9.87. The number of carbonyl (C=O) groups is 2. The maximum Gasteiger partial charge on any atom is 0.339 e. The van der Waals surface area contributed by atoms with Gasteiger partial charge in [0.15, 0.2) is 5.60 Å². The first-order chi connectivity index (χ1) is 9.56. The molecule has 0 aromatic heterocycles. The van der Waals surface area contributed by atoms with Gasteiger partial charge in [0.2, 0.25) is 0 Å². The molecule has 1 aromatic carbocycles. The zero-order chi connectivity index (χ0) is 14.6. The van der Waals surface area contributed by atoms with Crippen molar-refractivity contribution in [1.29, 1.82) is 0 Å². The van der Waals surface area contributed by atoms with Crippen LogP contribution in [0.2, 0.25) is 0 Å². The Morgan fingerprint density at radius 2 is 2.10 bits per heavy atom. The molecule has 1 fully saturated rings. The molecule has 1 aromatic rings. The standard InChI is InChI=1S/C15H18O5/c16-9-11-4-3-7-13(8-11)20-10-15(19,14(17)18)12-5-1-2-6-12/h3-4,7-9,12,19H,1-2,5-6,10H2,(H,17,18). The summed E-state index contributed by atoms with van der Waals surface area (Å²) in [4.78, 5) is 22.0. The minimum absolute atomic E-state index is 0.283. The number of carbonyl (C=O) groups excluding carboxylic acids is 1. The Kier molecular flexibility index (Phi) is 4.39. The first-order valence-electron chi connectivity index (χ1n) is 6.70. The Hall–Kier alpha value is -1.88. The molecule has 0 saturated heterocycles. The summed E-state index contributed by atoms with van der Waals surface area (Å²) in [6, 6.07) is 6.42. The van der Waals surface area contributed by atoms with Gasteiger partial charge in [0.05, 0.1) is 0 Å². The summed E-state index contributed by atoms with van der Waals surface area (Å²) in [5.41, 5.74) is -1.42. The van der Waals surface area contributed by atoms with E-state index in [4.69, 9.17) is 4.74 Å². The fraction of sp³-hybridized carbons (Fsp3) is 0.467. The first-order valence-corrected chi connectivity index (χ1v) is 6.70. The number of rotatable bonds is 6. The van der Waals surface area contributed by atoms with E-state index in [-0.39, 0.29) is 12.5 Å². The number of aliphatic carboxylic acids is 1. The summed E-state index contributed by atoms with van der Waals surface area (Å²) in [6.45, 7) is -0.310. The monoisotopic (exact) mass is 278 g/mol. The van der Waals surface area contributed by atoms with Gasteiger partial charge in [-0.15, -0.1) is 0 Å². The zero-order valence-electron chi connectivity index (χ0n) is 11.1. The third-order valence-corrected chi connectivity index (χ3v) is 3.85. The van der Waals surface area contributed by atoms with E-state index in [1.807, 2.05) is 0 Å². The Bertz CT molecular complexity index is 493. The molecule has 1 atom stereocenters. The summed E-state index contributed by atoms with van der Waals surface area (Å²) >= 11 is 0. The summed E-state index contributed by atoms with van der Waals surface area (Å²) in [6.07, 6.45) is 3.94. The number of hydrogen-bond acceptors (Lipinski definition) is 4. The van der Waals surface area contributed by atoms with Crippen molar-refractivity contribution in [2.45, 2.75) is 31.3 Å². The van der Waals surface area contributed by atoms with Crippen LogP contribution in [0.15, 0.2) is 24.3 Å². The molecular formula is C15H18O5. The number of ether oxygens (including phenoxy) is 1. The van der Waals surface area contributed by atoms with Crippen molar-refractivity contribution in [2.75, 3.05) is 6.61 Å². The second-order valence-electron chi connectivity index (χ2n) is 5.19. The Morgan fingerprint density at radius 1 is 1.40 bits per heavy atom. The van der Waals surface area contributed by atoms with Crippen LogP contribution in [-0.2, 0) is 4.79 Å². The lowest BCUT2D eigenvalue weighted by Gasteiger charge is -2.29. The van der Waals surface area contributed by atoms with E-state index >= 15 is 0 Å². The average Bonchev–Trinajstić information content (AvgIpc) is 2.99. The van der Waals surface area contributed by atoms with E-state index in [1.165, 1.54) is 6.07 Å². The first kappa shape index (κ1) is 14.5. The van der Waals surface area contributed by atoms with Crippen molar-refractivity contribution in [1.82, 2.24) is 0 Å². The number of aliphatic hydroxyl groups is 1. The molecule has 1 aliphatic carbocycles. The van der Waals surface area contributed by atoms with E-state index in [2.05, 4.69) is 0 Å². The van der Waals surface area contributed by atoms with Gasteiger partial charge in [0.25, 0.3) is 0 Å². The van der Waals surface area contributed by atoms with Gasteiger partial charge in [0.1, 0.15) is 18.6 Å². The number of hydrogen-bond donors (Lipinski definition) is 2. The van der Waals surface area contributed by atoms with Gasteiger partial charge in [-0.2, -0.15) is 0 Å². The van der Waals surface area contributed by atoms with Crippen LogP contribution in [0.1, 0.15) is 36.0 Å². The summed E-state index contributed by atoms with van der Waals surface area (Å²) < 4.78 is 5.40. The van der Waals surface area contributed by atoms with Gasteiger partial charge in [0, 0.05) is 11.5 Å². The fourth-order valence-electron chi connectivity index (χ4n) is 2.63. The highest BCUT2D eigenvalue weighted by Crippen LogP contribution is 2.35. The normalized spacial score (nSPS) is 18.4. The van der Waals surface area contributed by atoms with Crippen molar-refractivity contribution in [3.05, 3.63) is 29.8 Å². The number of carboxylic acids is 1. The summed E-state index contributed by atoms with van der Waals surface area (Å²) in [5, 5.41) is 19.7. The second-order valence-corrected chi connectivity index (χ2v) is 5.19. The minimum atomic E-state index is -1.87. The van der Waals surface area contributed by atoms with Crippen LogP contribution in [0.4, 0.5) is 0 Å². The molecule has 0 spiro atoms. The van der Waals surface area contributed by atoms with Crippen LogP contribution in [-0.4, -0.2) is 34.7 Å². The molecule has 0 amide bonds. The van der Waals surface area contributed by atoms with Gasteiger partial charge >= 0.3 is 5.97 Å². The largest absolute Gasteiger partial charge is 0.490 e. The molecule has 1 unspecified atom stereocenters. The highest BCUT2D eigenvalue weighted by molar-refractivity contribution is 5.78. The van der Waals surface area contributed by atoms with E-state index in [0.717, 1.165) is 12.8 Å². The lowest BCUT2D eigenvalue weighted by Crippen LogP contribution is -2.50. The van der Waals surface area contributed by atoms with Crippen LogP contribution in [0.5, 0.6) is 5.75 Å². The van der Waals surface area contributed by atoms with Crippen LogP contribution >= 0.6 is 0 Å². The Labute approximate surface area is 117 Å². The van der Waals surface area contributed by atoms with Crippen molar-refractivity contribution in [3.63, 3.8) is 0 Å². The molecule has 2 rings (SSSR count). The summed E-state index contributed by atoms with van der Waals surface area (Å²) in [7, 11) is 0. The fourth-order valence-corrected chi connectivity index (χ4v) is 2.63. The number of benzene rings is 1. The van der Waals surface area contributed by atoms with Gasteiger partial charge in [-0.3, -0.25) is 4.79 Å². The number of aldehydes is 1. The van der Waals surface area contributed by atoms with Gasteiger partial charge < -0.3 is 14.9 Å². The zero-order valence-corrected chi connectivity index (χ0v) is 11.1. The van der Waals surface area contributed by atoms with E-state index in [0.29, 0.717) is 30.4 Å². The van der Waals surface area contributed by atoms with E-state index < -0.39 is 11.6 Å². The smallest absolute Gasteiger partial charge is 0.339 e. The Morgan fingerprint density at radius 3 is 2.70 bits per heavy atom. The molecule has 20 heavy (non-hydrogen) atoms. The molecule has 0 bridgehead atoms. The maximum atomic E-state index is 11.4. The molecule has 2 N–H and O–H groups in total. The predicted molar refractivity (Wildman–Crippen MR) is 71.9 cm³/mol. The second kappa shape index (κ2) is 6.05. The maximum absolute atomic E-state index is 11.4. The SMILES string of the molecule is O=Cc1cccc(OCC(O)(C(=O)O)C2CCCC2)c1. The molecule has 1 aliphatic rings. The van der Waals surface area contributed by atoms with Gasteiger partial charge in [-0.25, -0.2) is 4.79 Å². The van der Waals surface area contributed by atoms with Crippen molar-refractivity contribution < 1.29 is 24.5 Å². The molecule has 0 heterocycles. The van der Waals surface area contributed by atoms with E-state index in [9.17, 15) is 19.8 Å². The molecule has 0 aliphatic heterocycles. The van der Waals surface area contributed by atoms with Gasteiger partial charge in [-0.1, -0.05) is 25.0 Å². The molecule has 108 valence electrons. The third kappa shape index (κ3) is 2.99. The van der Waals surface area contributed by atoms with Crippen LogP contribution in [0.25, 0.3) is 0 Å². The molecule has 0 radical (unpaired) electrons. The quantitative estimate of drug-likeness (QED) is 0.776. The van der Waals surface area contributed by atoms with E-state index in [1.54, 1.807) is 18.2 Å². The molecule has 5 nitrogen and oxygen atoms in total. The Balaban J connectivity index is 2.08. The lowest BCUT2D eigenvalue weighted by molar-refractivity contribution is -0.169. The van der Waals surface area contributed by atoms with Crippen molar-refractivity contribution in [3.8, 4) is 5.75 Å². The van der Waals surface area contributed by atoms with Gasteiger partial charge in [-0.05, 0) is 25.0 Å².